The van der Waals surface area contributed by atoms with Gasteiger partial charge in [-0.3, -0.25) is 18.7 Å². The molecule has 0 saturated carbocycles. The molecule has 9 heteroatoms. The van der Waals surface area contributed by atoms with Crippen molar-refractivity contribution in [2.24, 2.45) is 7.05 Å². The van der Waals surface area contributed by atoms with Crippen molar-refractivity contribution in [3.05, 3.63) is 37.0 Å². The van der Waals surface area contributed by atoms with Gasteiger partial charge in [-0.2, -0.15) is 0 Å². The molecule has 0 unspecified atom stereocenters. The molecule has 0 amide bonds. The van der Waals surface area contributed by atoms with Crippen LogP contribution < -0.4 is 16.8 Å². The zero-order chi connectivity index (χ0) is 17.1. The highest BCUT2D eigenvalue weighted by Crippen LogP contribution is 2.13. The minimum absolute atomic E-state index is 0.224. The van der Waals surface area contributed by atoms with E-state index in [1.165, 1.54) is 7.05 Å². The molecule has 2 aromatic rings. The van der Waals surface area contributed by atoms with E-state index in [0.717, 1.165) is 28.4 Å². The first-order chi connectivity index (χ1) is 10.9. The van der Waals surface area contributed by atoms with E-state index in [2.05, 4.69) is 4.98 Å². The van der Waals surface area contributed by atoms with Crippen LogP contribution in [0.2, 0.25) is 0 Å². The number of rotatable bonds is 6. The maximum atomic E-state index is 12.8. The number of fused-ring (bicyclic) bond motifs is 1. The number of aryl methyl sites for hydroxylation is 1. The molecule has 0 aliphatic rings. The number of alkyl halides is 2. The van der Waals surface area contributed by atoms with Crippen molar-refractivity contribution in [2.75, 3.05) is 0 Å². The van der Waals surface area contributed by atoms with Crippen LogP contribution in [0.15, 0.2) is 14.4 Å². The molecule has 0 radical (unpaired) electrons. The second-order valence-electron chi connectivity index (χ2n) is 5.31. The Morgan fingerprint density at radius 3 is 2.48 bits per heavy atom. The van der Waals surface area contributed by atoms with E-state index in [1.807, 2.05) is 11.9 Å². The Morgan fingerprint density at radius 2 is 1.87 bits per heavy atom. The summed E-state index contributed by atoms with van der Waals surface area (Å²) in [4.78, 5) is 41.9. The fourth-order valence-corrected chi connectivity index (χ4v) is 2.41. The van der Waals surface area contributed by atoms with Gasteiger partial charge in [0.1, 0.15) is 5.52 Å². The summed E-state index contributed by atoms with van der Waals surface area (Å²) in [5, 5.41) is 0. The Labute approximate surface area is 129 Å². The maximum Gasteiger partial charge on any atom is 0.331 e. The Hall–Kier alpha value is -2.32. The number of nitrogens with one attached hydrogen (secondary N) is 1. The van der Waals surface area contributed by atoms with Gasteiger partial charge in [0.2, 0.25) is 0 Å². The lowest BCUT2D eigenvalue weighted by Gasteiger charge is -2.11. The van der Waals surface area contributed by atoms with Crippen molar-refractivity contribution in [3.8, 4) is 0 Å². The standard InChI is InChI=1S/C14H18F2N4O3/c1-3-4-5-6-7-20-9-8(13(22)19(2)14(20)23)17-11(10(15)16)18-12(9)21/h10H,3-7H2,1-2H3,(H,17,18,21). The first-order valence-corrected chi connectivity index (χ1v) is 7.40. The average Bonchev–Trinajstić information content (AvgIpc) is 2.52. The van der Waals surface area contributed by atoms with E-state index in [0.29, 0.717) is 6.42 Å². The molecule has 2 aromatic heterocycles. The van der Waals surface area contributed by atoms with Crippen molar-refractivity contribution < 1.29 is 8.78 Å². The lowest BCUT2D eigenvalue weighted by atomic mass is 10.2. The molecule has 2 rings (SSSR count). The normalized spacial score (nSPS) is 11.5. The number of hydrogen-bond donors (Lipinski definition) is 1. The van der Waals surface area contributed by atoms with Gasteiger partial charge in [-0.15, -0.1) is 0 Å². The number of nitrogens with zero attached hydrogens (tertiary/aromatic N) is 3. The molecular weight excluding hydrogens is 310 g/mol. The molecular formula is C14H18F2N4O3. The van der Waals surface area contributed by atoms with E-state index < -0.39 is 34.6 Å². The summed E-state index contributed by atoms with van der Waals surface area (Å²) in [6.45, 7) is 2.26. The second-order valence-corrected chi connectivity index (χ2v) is 5.31. The van der Waals surface area contributed by atoms with Crippen molar-refractivity contribution >= 4 is 11.0 Å². The molecule has 23 heavy (non-hydrogen) atoms. The lowest BCUT2D eigenvalue weighted by Crippen LogP contribution is -2.41. The Bertz CT molecular complexity index is 882. The van der Waals surface area contributed by atoms with E-state index in [9.17, 15) is 23.2 Å². The SMILES string of the molecule is CCCCCCn1c(=O)n(C)c(=O)c2nc(C(F)F)[nH]c(=O)c21. The third-order valence-corrected chi connectivity index (χ3v) is 3.65. The molecule has 0 bridgehead atoms. The maximum absolute atomic E-state index is 12.8. The van der Waals surface area contributed by atoms with E-state index in [1.54, 1.807) is 0 Å². The molecule has 0 aliphatic carbocycles. The summed E-state index contributed by atoms with van der Waals surface area (Å²) < 4.78 is 27.4. The molecule has 2 heterocycles. The molecule has 0 aromatic carbocycles. The monoisotopic (exact) mass is 328 g/mol. The van der Waals surface area contributed by atoms with Gasteiger partial charge in [-0.25, -0.2) is 18.6 Å². The van der Waals surface area contributed by atoms with Crippen LogP contribution >= 0.6 is 0 Å². The molecule has 0 atom stereocenters. The first kappa shape index (κ1) is 17.0. The number of aromatic nitrogens is 4. The molecule has 1 N–H and O–H groups in total. The summed E-state index contributed by atoms with van der Waals surface area (Å²) >= 11 is 0. The minimum atomic E-state index is -3.01. The van der Waals surface area contributed by atoms with Crippen molar-refractivity contribution in [2.45, 2.75) is 45.6 Å². The van der Waals surface area contributed by atoms with Gasteiger partial charge >= 0.3 is 5.69 Å². The number of unbranched alkanes of at least 4 members (excludes halogenated alkanes) is 3. The summed E-state index contributed by atoms with van der Waals surface area (Å²) in [7, 11) is 1.23. The molecule has 126 valence electrons. The quantitative estimate of drug-likeness (QED) is 0.809. The highest BCUT2D eigenvalue weighted by molar-refractivity contribution is 5.72. The molecule has 7 nitrogen and oxygen atoms in total. The van der Waals surface area contributed by atoms with Crippen molar-refractivity contribution in [3.63, 3.8) is 0 Å². The highest BCUT2D eigenvalue weighted by Gasteiger charge is 2.19. The van der Waals surface area contributed by atoms with Crippen LogP contribution in [0.5, 0.6) is 0 Å². The lowest BCUT2D eigenvalue weighted by molar-refractivity contribution is 0.140. The fourth-order valence-electron chi connectivity index (χ4n) is 2.41. The Kier molecular flexibility index (Phi) is 5.07. The Balaban J connectivity index is 2.69. The van der Waals surface area contributed by atoms with Crippen LogP contribution in [0.1, 0.15) is 44.9 Å². The number of halogens is 2. The smallest absolute Gasteiger partial charge is 0.304 e. The predicted molar refractivity (Wildman–Crippen MR) is 81.0 cm³/mol. The van der Waals surface area contributed by atoms with Gasteiger partial charge in [-0.05, 0) is 6.42 Å². The van der Waals surface area contributed by atoms with Crippen molar-refractivity contribution in [1.82, 2.24) is 19.1 Å². The van der Waals surface area contributed by atoms with Crippen LogP contribution in [0, 0.1) is 0 Å². The van der Waals surface area contributed by atoms with Gasteiger partial charge in [0, 0.05) is 13.6 Å². The van der Waals surface area contributed by atoms with E-state index >= 15 is 0 Å². The van der Waals surface area contributed by atoms with Crippen LogP contribution in [-0.2, 0) is 13.6 Å². The van der Waals surface area contributed by atoms with E-state index in [-0.39, 0.29) is 12.1 Å². The summed E-state index contributed by atoms with van der Waals surface area (Å²) in [5.74, 6) is -0.879. The van der Waals surface area contributed by atoms with Crippen LogP contribution in [0.3, 0.4) is 0 Å². The third kappa shape index (κ3) is 3.22. The van der Waals surface area contributed by atoms with Crippen LogP contribution in [-0.4, -0.2) is 19.1 Å². The van der Waals surface area contributed by atoms with Gasteiger partial charge in [0.25, 0.3) is 17.5 Å². The number of aromatic amines is 1. The molecule has 0 aliphatic heterocycles. The zero-order valence-electron chi connectivity index (χ0n) is 12.9. The fraction of sp³-hybridized carbons (Fsp3) is 0.571. The van der Waals surface area contributed by atoms with Gasteiger partial charge < -0.3 is 4.98 Å². The Morgan fingerprint density at radius 1 is 1.17 bits per heavy atom. The topological polar surface area (TPSA) is 89.8 Å². The highest BCUT2D eigenvalue weighted by atomic mass is 19.3. The van der Waals surface area contributed by atoms with E-state index in [4.69, 9.17) is 0 Å². The van der Waals surface area contributed by atoms with Crippen LogP contribution in [0.4, 0.5) is 8.78 Å². The first-order valence-electron chi connectivity index (χ1n) is 7.40. The largest absolute Gasteiger partial charge is 0.331 e. The molecule has 0 fully saturated rings. The number of hydrogen-bond acceptors (Lipinski definition) is 4. The molecule has 0 saturated heterocycles. The van der Waals surface area contributed by atoms with Gasteiger partial charge in [-0.1, -0.05) is 26.2 Å². The number of H-pyrrole nitrogens is 1. The summed E-state index contributed by atoms with van der Waals surface area (Å²) in [5.41, 5.74) is -3.09. The third-order valence-electron chi connectivity index (χ3n) is 3.65. The predicted octanol–water partition coefficient (Wildman–Crippen LogP) is 1.30. The van der Waals surface area contributed by atoms with Gasteiger partial charge in [0.05, 0.1) is 0 Å². The minimum Gasteiger partial charge on any atom is -0.304 e. The van der Waals surface area contributed by atoms with Gasteiger partial charge in [0.15, 0.2) is 11.3 Å². The summed E-state index contributed by atoms with van der Waals surface area (Å²) in [6.07, 6.45) is 0.456. The van der Waals surface area contributed by atoms with Crippen LogP contribution in [0.25, 0.3) is 11.0 Å². The average molecular weight is 328 g/mol. The van der Waals surface area contributed by atoms with Crippen molar-refractivity contribution in [1.29, 1.82) is 0 Å². The summed E-state index contributed by atoms with van der Waals surface area (Å²) in [6, 6.07) is 0. The molecule has 0 spiro atoms. The zero-order valence-corrected chi connectivity index (χ0v) is 12.9. The second kappa shape index (κ2) is 6.84.